The standard InChI is InChI=1S/C15H19N3O3S2/c1-4-21-10(19)7-9(3)17-15-18-14(16)13(23-15)11(20)12-8(2)5-6-22-12/h5-6,9H,4,7,16H2,1-3H3,(H,17,18). The van der Waals surface area contributed by atoms with Crippen molar-refractivity contribution >= 4 is 45.4 Å². The summed E-state index contributed by atoms with van der Waals surface area (Å²) >= 11 is 2.59. The van der Waals surface area contributed by atoms with Crippen LogP contribution in [0.3, 0.4) is 0 Å². The fourth-order valence-electron chi connectivity index (χ4n) is 2.00. The topological polar surface area (TPSA) is 94.3 Å². The molecule has 6 nitrogen and oxygen atoms in total. The lowest BCUT2D eigenvalue weighted by atomic mass is 10.2. The molecule has 3 N–H and O–H groups in total. The number of ketones is 1. The first-order valence-electron chi connectivity index (χ1n) is 7.19. The Morgan fingerprint density at radius 1 is 1.43 bits per heavy atom. The lowest BCUT2D eigenvalue weighted by molar-refractivity contribution is -0.143. The Labute approximate surface area is 142 Å². The molecule has 0 saturated carbocycles. The summed E-state index contributed by atoms with van der Waals surface area (Å²) in [4.78, 5) is 29.2. The number of aromatic nitrogens is 1. The van der Waals surface area contributed by atoms with Crippen molar-refractivity contribution in [3.05, 3.63) is 26.8 Å². The Bertz CT molecular complexity index is 709. The van der Waals surface area contributed by atoms with E-state index in [1.165, 1.54) is 22.7 Å². The Morgan fingerprint density at radius 2 is 2.17 bits per heavy atom. The molecule has 0 radical (unpaired) electrons. The highest BCUT2D eigenvalue weighted by molar-refractivity contribution is 7.19. The molecule has 0 amide bonds. The van der Waals surface area contributed by atoms with Gasteiger partial charge in [-0.15, -0.1) is 11.3 Å². The summed E-state index contributed by atoms with van der Waals surface area (Å²) in [5, 5.41) is 5.49. The second kappa shape index (κ2) is 7.56. The highest BCUT2D eigenvalue weighted by atomic mass is 32.1. The lowest BCUT2D eigenvalue weighted by Gasteiger charge is -2.11. The first-order valence-corrected chi connectivity index (χ1v) is 8.89. The molecule has 0 fully saturated rings. The third kappa shape index (κ3) is 4.29. The predicted octanol–water partition coefficient (Wildman–Crippen LogP) is 3.08. The van der Waals surface area contributed by atoms with E-state index >= 15 is 0 Å². The summed E-state index contributed by atoms with van der Waals surface area (Å²) in [5.74, 6) is -0.181. The first-order chi connectivity index (χ1) is 10.9. The van der Waals surface area contributed by atoms with Gasteiger partial charge in [0.05, 0.1) is 17.9 Å². The number of thiophene rings is 1. The molecule has 8 heteroatoms. The van der Waals surface area contributed by atoms with Crippen molar-refractivity contribution in [3.63, 3.8) is 0 Å². The molecule has 2 aromatic heterocycles. The van der Waals surface area contributed by atoms with Crippen molar-refractivity contribution in [1.82, 2.24) is 4.98 Å². The van der Waals surface area contributed by atoms with Gasteiger partial charge in [0.25, 0.3) is 0 Å². The number of thiazole rings is 1. The summed E-state index contributed by atoms with van der Waals surface area (Å²) < 4.78 is 4.91. The predicted molar refractivity (Wildman–Crippen MR) is 93.3 cm³/mol. The van der Waals surface area contributed by atoms with Gasteiger partial charge < -0.3 is 15.8 Å². The SMILES string of the molecule is CCOC(=O)CC(C)Nc1nc(N)c(C(=O)c2sccc2C)s1. The van der Waals surface area contributed by atoms with Gasteiger partial charge in [0.15, 0.2) is 5.13 Å². The highest BCUT2D eigenvalue weighted by Crippen LogP contribution is 2.30. The van der Waals surface area contributed by atoms with Gasteiger partial charge in [0.1, 0.15) is 10.7 Å². The number of hydrogen-bond donors (Lipinski definition) is 2. The Kier molecular flexibility index (Phi) is 5.73. The third-order valence-electron chi connectivity index (χ3n) is 3.08. The monoisotopic (exact) mass is 353 g/mol. The van der Waals surface area contributed by atoms with Crippen LogP contribution in [0, 0.1) is 6.92 Å². The van der Waals surface area contributed by atoms with Gasteiger partial charge in [-0.3, -0.25) is 9.59 Å². The molecule has 2 rings (SSSR count). The molecule has 23 heavy (non-hydrogen) atoms. The van der Waals surface area contributed by atoms with E-state index < -0.39 is 0 Å². The molecular formula is C15H19N3O3S2. The van der Waals surface area contributed by atoms with Crippen LogP contribution in [0.15, 0.2) is 11.4 Å². The van der Waals surface area contributed by atoms with E-state index in [0.29, 0.717) is 21.5 Å². The smallest absolute Gasteiger partial charge is 0.307 e. The summed E-state index contributed by atoms with van der Waals surface area (Å²) in [6, 6.07) is 1.74. The molecule has 0 bridgehead atoms. The molecule has 2 heterocycles. The molecule has 0 aliphatic heterocycles. The number of ether oxygens (including phenoxy) is 1. The third-order valence-corrected chi connectivity index (χ3v) is 5.09. The summed E-state index contributed by atoms with van der Waals surface area (Å²) in [7, 11) is 0. The van der Waals surface area contributed by atoms with Crippen LogP contribution in [0.4, 0.5) is 10.9 Å². The minimum absolute atomic E-state index is 0.112. The molecule has 124 valence electrons. The average molecular weight is 353 g/mol. The Morgan fingerprint density at radius 3 is 2.78 bits per heavy atom. The fraction of sp³-hybridized carbons (Fsp3) is 0.400. The number of esters is 1. The van der Waals surface area contributed by atoms with Gasteiger partial charge >= 0.3 is 5.97 Å². The van der Waals surface area contributed by atoms with Crippen LogP contribution >= 0.6 is 22.7 Å². The van der Waals surface area contributed by atoms with Crippen LogP contribution in [-0.4, -0.2) is 29.4 Å². The van der Waals surface area contributed by atoms with E-state index in [1.807, 2.05) is 25.3 Å². The molecular weight excluding hydrogens is 334 g/mol. The van der Waals surface area contributed by atoms with Crippen molar-refractivity contribution in [2.24, 2.45) is 0 Å². The number of nitrogens with zero attached hydrogens (tertiary/aromatic N) is 1. The van der Waals surface area contributed by atoms with Gasteiger partial charge in [0.2, 0.25) is 5.78 Å². The Hall–Kier alpha value is -1.93. The molecule has 0 saturated heterocycles. The number of aryl methyl sites for hydroxylation is 1. The zero-order chi connectivity index (χ0) is 17.0. The lowest BCUT2D eigenvalue weighted by Crippen LogP contribution is -2.20. The van der Waals surface area contributed by atoms with Crippen molar-refractivity contribution in [1.29, 1.82) is 0 Å². The maximum absolute atomic E-state index is 12.5. The number of nitrogen functional groups attached to an aromatic ring is 1. The van der Waals surface area contributed by atoms with Gasteiger partial charge in [-0.2, -0.15) is 0 Å². The summed E-state index contributed by atoms with van der Waals surface area (Å²) in [6.45, 7) is 5.86. The van der Waals surface area contributed by atoms with Crippen LogP contribution in [0.2, 0.25) is 0 Å². The molecule has 2 aromatic rings. The highest BCUT2D eigenvalue weighted by Gasteiger charge is 2.21. The van der Waals surface area contributed by atoms with Crippen LogP contribution in [0.1, 0.15) is 40.4 Å². The number of rotatable bonds is 7. The number of nitrogens with two attached hydrogens (primary N) is 1. The molecule has 1 unspecified atom stereocenters. The number of carbonyl (C=O) groups excluding carboxylic acids is 2. The minimum Gasteiger partial charge on any atom is -0.466 e. The first kappa shape index (κ1) is 17.4. The van der Waals surface area contributed by atoms with E-state index in [1.54, 1.807) is 6.92 Å². The maximum Gasteiger partial charge on any atom is 0.307 e. The van der Waals surface area contributed by atoms with E-state index in [2.05, 4.69) is 10.3 Å². The summed E-state index contributed by atoms with van der Waals surface area (Å²) in [5.41, 5.74) is 6.80. The number of anilines is 2. The van der Waals surface area contributed by atoms with Gasteiger partial charge in [-0.1, -0.05) is 11.3 Å². The van der Waals surface area contributed by atoms with Crippen molar-refractivity contribution in [2.75, 3.05) is 17.7 Å². The van der Waals surface area contributed by atoms with E-state index in [0.717, 1.165) is 5.56 Å². The second-order valence-corrected chi connectivity index (χ2v) is 6.96. The summed E-state index contributed by atoms with van der Waals surface area (Å²) in [6.07, 6.45) is 0.223. The van der Waals surface area contributed by atoms with Gasteiger partial charge in [-0.25, -0.2) is 4.98 Å². The number of nitrogens with one attached hydrogen (secondary N) is 1. The molecule has 0 spiro atoms. The Balaban J connectivity index is 2.08. The fourth-order valence-corrected chi connectivity index (χ4v) is 3.87. The van der Waals surface area contributed by atoms with Crippen LogP contribution < -0.4 is 11.1 Å². The van der Waals surface area contributed by atoms with Gasteiger partial charge in [0, 0.05) is 6.04 Å². The normalized spacial score (nSPS) is 12.0. The van der Waals surface area contributed by atoms with Gasteiger partial charge in [-0.05, 0) is 37.8 Å². The van der Waals surface area contributed by atoms with Crippen LogP contribution in [-0.2, 0) is 9.53 Å². The van der Waals surface area contributed by atoms with Crippen molar-refractivity contribution in [3.8, 4) is 0 Å². The quantitative estimate of drug-likeness (QED) is 0.587. The van der Waals surface area contributed by atoms with E-state index in [4.69, 9.17) is 10.5 Å². The second-order valence-electron chi connectivity index (χ2n) is 5.05. The molecule has 0 aromatic carbocycles. The largest absolute Gasteiger partial charge is 0.466 e. The molecule has 1 atom stereocenters. The average Bonchev–Trinajstić information content (AvgIpc) is 3.04. The number of hydrogen-bond acceptors (Lipinski definition) is 8. The van der Waals surface area contributed by atoms with E-state index in [9.17, 15) is 9.59 Å². The zero-order valence-corrected chi connectivity index (χ0v) is 14.8. The molecule has 0 aliphatic carbocycles. The zero-order valence-electron chi connectivity index (χ0n) is 13.2. The minimum atomic E-state index is -0.275. The number of carbonyl (C=O) groups is 2. The van der Waals surface area contributed by atoms with E-state index in [-0.39, 0.29) is 30.0 Å². The van der Waals surface area contributed by atoms with Crippen LogP contribution in [0.5, 0.6) is 0 Å². The molecule has 0 aliphatic rings. The van der Waals surface area contributed by atoms with Crippen LogP contribution in [0.25, 0.3) is 0 Å². The van der Waals surface area contributed by atoms with Crippen molar-refractivity contribution < 1.29 is 14.3 Å². The maximum atomic E-state index is 12.5. The van der Waals surface area contributed by atoms with Crippen molar-refractivity contribution in [2.45, 2.75) is 33.2 Å².